The molecule has 4 nitrogen and oxygen atoms in total. The van der Waals surface area contributed by atoms with Gasteiger partial charge in [0.05, 0.1) is 5.75 Å². The molecule has 0 aromatic carbocycles. The largest absolute Gasteiger partial charge is 0.300 e. The van der Waals surface area contributed by atoms with Gasteiger partial charge in [0.2, 0.25) is 10.0 Å². The molecule has 2 fully saturated rings. The summed E-state index contributed by atoms with van der Waals surface area (Å²) in [5.74, 6) is 0.541. The van der Waals surface area contributed by atoms with Gasteiger partial charge in [-0.15, -0.1) is 11.6 Å². The molecule has 2 saturated heterocycles. The predicted octanol–water partition coefficient (Wildman–Crippen LogP) is 1.41. The van der Waals surface area contributed by atoms with E-state index in [1.54, 1.807) is 0 Å². The average molecular weight is 295 g/mol. The third-order valence-electron chi connectivity index (χ3n) is 3.93. The molecule has 0 amide bonds. The summed E-state index contributed by atoms with van der Waals surface area (Å²) in [4.78, 5) is 2.49. The minimum absolute atomic E-state index is 0.00994. The Bertz CT molecular complexity index is 374. The van der Waals surface area contributed by atoms with Crippen LogP contribution in [0.5, 0.6) is 0 Å². The molecule has 2 aliphatic rings. The smallest absolute Gasteiger partial charge is 0.212 e. The first-order chi connectivity index (χ1) is 8.50. The van der Waals surface area contributed by atoms with Crippen molar-refractivity contribution >= 4 is 21.6 Å². The molecule has 1 N–H and O–H groups in total. The van der Waals surface area contributed by atoms with Gasteiger partial charge in [-0.3, -0.25) is 0 Å². The van der Waals surface area contributed by atoms with Crippen molar-refractivity contribution in [1.29, 1.82) is 0 Å². The first-order valence-electron chi connectivity index (χ1n) is 6.80. The molecule has 0 radical (unpaired) electrons. The fraction of sp³-hybridized carbons (Fsp3) is 1.00. The molecular weight excluding hydrogens is 272 g/mol. The summed E-state index contributed by atoms with van der Waals surface area (Å²) < 4.78 is 26.8. The van der Waals surface area contributed by atoms with Crippen molar-refractivity contribution in [2.75, 3.05) is 24.7 Å². The Hall–Kier alpha value is 0.160. The molecule has 2 heterocycles. The Balaban J connectivity index is 1.86. The highest BCUT2D eigenvalue weighted by atomic mass is 35.5. The van der Waals surface area contributed by atoms with Crippen molar-refractivity contribution in [3.63, 3.8) is 0 Å². The van der Waals surface area contributed by atoms with Crippen LogP contribution in [0.4, 0.5) is 0 Å². The third kappa shape index (κ3) is 3.83. The van der Waals surface area contributed by atoms with Crippen LogP contribution in [0.3, 0.4) is 0 Å². The standard InChI is InChI=1S/C12H23ClN2O2S/c1-10(8-13)9-18(16,17)14-11-4-6-15-5-2-3-12(15)7-11/h10-12,14H,2-9H2,1H3. The molecule has 0 saturated carbocycles. The topological polar surface area (TPSA) is 49.4 Å². The fourth-order valence-corrected chi connectivity index (χ4v) is 4.98. The number of halogens is 1. The second-order valence-corrected chi connectivity index (χ2v) is 7.82. The zero-order valence-electron chi connectivity index (χ0n) is 10.9. The van der Waals surface area contributed by atoms with Crippen LogP contribution in [-0.2, 0) is 10.0 Å². The van der Waals surface area contributed by atoms with E-state index in [4.69, 9.17) is 11.6 Å². The highest BCUT2D eigenvalue weighted by molar-refractivity contribution is 7.89. The number of rotatable bonds is 5. The van der Waals surface area contributed by atoms with E-state index in [0.29, 0.717) is 11.9 Å². The van der Waals surface area contributed by atoms with E-state index < -0.39 is 10.0 Å². The fourth-order valence-electron chi connectivity index (χ4n) is 3.05. The first kappa shape index (κ1) is 14.6. The summed E-state index contributed by atoms with van der Waals surface area (Å²) in [6.07, 6.45) is 4.38. The number of nitrogens with zero attached hydrogens (tertiary/aromatic N) is 1. The summed E-state index contributed by atoms with van der Waals surface area (Å²) in [7, 11) is -3.17. The summed E-state index contributed by atoms with van der Waals surface area (Å²) in [6, 6.07) is 0.716. The minimum Gasteiger partial charge on any atom is -0.300 e. The SMILES string of the molecule is CC(CCl)CS(=O)(=O)NC1CCN2CCCC2C1. The number of hydrogen-bond donors (Lipinski definition) is 1. The van der Waals surface area contributed by atoms with Crippen LogP contribution in [0.1, 0.15) is 32.6 Å². The lowest BCUT2D eigenvalue weighted by molar-refractivity contribution is 0.176. The number of piperidine rings is 1. The summed E-state index contributed by atoms with van der Waals surface area (Å²) in [6.45, 7) is 4.09. The molecular formula is C12H23ClN2O2S. The Morgan fingerprint density at radius 2 is 2.17 bits per heavy atom. The highest BCUT2D eigenvalue weighted by Crippen LogP contribution is 2.27. The van der Waals surface area contributed by atoms with Gasteiger partial charge in [-0.05, 0) is 44.7 Å². The summed E-state index contributed by atoms with van der Waals surface area (Å²) in [5, 5.41) is 0. The quantitative estimate of drug-likeness (QED) is 0.780. The highest BCUT2D eigenvalue weighted by Gasteiger charge is 2.33. The van der Waals surface area contributed by atoms with Crippen molar-refractivity contribution in [3.8, 4) is 0 Å². The first-order valence-corrected chi connectivity index (χ1v) is 8.99. The zero-order chi connectivity index (χ0) is 13.2. The van der Waals surface area contributed by atoms with Crippen molar-refractivity contribution in [2.45, 2.75) is 44.7 Å². The van der Waals surface area contributed by atoms with Crippen molar-refractivity contribution in [2.24, 2.45) is 5.92 Å². The molecule has 3 atom stereocenters. The van der Waals surface area contributed by atoms with Gasteiger partial charge in [-0.25, -0.2) is 13.1 Å². The molecule has 106 valence electrons. The van der Waals surface area contributed by atoms with Gasteiger partial charge in [0, 0.05) is 18.0 Å². The van der Waals surface area contributed by atoms with Gasteiger partial charge in [-0.2, -0.15) is 0 Å². The van der Waals surface area contributed by atoms with E-state index in [-0.39, 0.29) is 17.7 Å². The van der Waals surface area contributed by atoms with Crippen LogP contribution in [-0.4, -0.2) is 50.1 Å². The number of sulfonamides is 1. The van der Waals surface area contributed by atoms with Gasteiger partial charge >= 0.3 is 0 Å². The maximum absolute atomic E-state index is 12.0. The molecule has 3 unspecified atom stereocenters. The Labute approximate surface area is 115 Å². The zero-order valence-corrected chi connectivity index (χ0v) is 12.5. The Morgan fingerprint density at radius 3 is 2.89 bits per heavy atom. The van der Waals surface area contributed by atoms with E-state index in [9.17, 15) is 8.42 Å². The molecule has 6 heteroatoms. The van der Waals surface area contributed by atoms with E-state index in [1.165, 1.54) is 19.4 Å². The number of nitrogens with one attached hydrogen (secondary N) is 1. The normalized spacial score (nSPS) is 31.2. The van der Waals surface area contributed by atoms with E-state index in [1.807, 2.05) is 6.92 Å². The lowest BCUT2D eigenvalue weighted by Gasteiger charge is -2.35. The molecule has 0 aliphatic carbocycles. The predicted molar refractivity (Wildman–Crippen MR) is 74.4 cm³/mol. The van der Waals surface area contributed by atoms with Crippen LogP contribution in [0.2, 0.25) is 0 Å². The van der Waals surface area contributed by atoms with Crippen LogP contribution in [0.15, 0.2) is 0 Å². The summed E-state index contributed by atoms with van der Waals surface area (Å²) in [5.41, 5.74) is 0. The lowest BCUT2D eigenvalue weighted by atomic mass is 9.99. The van der Waals surface area contributed by atoms with Gasteiger partial charge in [0.1, 0.15) is 0 Å². The van der Waals surface area contributed by atoms with Crippen molar-refractivity contribution in [3.05, 3.63) is 0 Å². The van der Waals surface area contributed by atoms with Gasteiger partial charge < -0.3 is 4.90 Å². The van der Waals surface area contributed by atoms with Crippen LogP contribution < -0.4 is 4.72 Å². The lowest BCUT2D eigenvalue weighted by Crippen LogP contribution is -2.48. The number of alkyl halides is 1. The second kappa shape index (κ2) is 6.07. The molecule has 0 aromatic heterocycles. The number of fused-ring (bicyclic) bond motifs is 1. The average Bonchev–Trinajstić information content (AvgIpc) is 2.74. The molecule has 0 bridgehead atoms. The molecule has 2 rings (SSSR count). The van der Waals surface area contributed by atoms with Gasteiger partial charge in [0.15, 0.2) is 0 Å². The Kier molecular flexibility index (Phi) is 4.92. The van der Waals surface area contributed by atoms with E-state index >= 15 is 0 Å². The number of hydrogen-bond acceptors (Lipinski definition) is 3. The van der Waals surface area contributed by atoms with E-state index in [2.05, 4.69) is 9.62 Å². The van der Waals surface area contributed by atoms with Crippen molar-refractivity contribution in [1.82, 2.24) is 9.62 Å². The molecule has 18 heavy (non-hydrogen) atoms. The monoisotopic (exact) mass is 294 g/mol. The van der Waals surface area contributed by atoms with E-state index in [0.717, 1.165) is 19.4 Å². The molecule has 0 aromatic rings. The Morgan fingerprint density at radius 1 is 1.39 bits per heavy atom. The maximum atomic E-state index is 12.0. The maximum Gasteiger partial charge on any atom is 0.212 e. The minimum atomic E-state index is -3.17. The van der Waals surface area contributed by atoms with Gasteiger partial charge in [-0.1, -0.05) is 6.92 Å². The summed E-state index contributed by atoms with van der Waals surface area (Å²) >= 11 is 5.67. The molecule has 2 aliphatic heterocycles. The van der Waals surface area contributed by atoms with Crippen LogP contribution in [0, 0.1) is 5.92 Å². The third-order valence-corrected chi connectivity index (χ3v) is 6.16. The van der Waals surface area contributed by atoms with Crippen LogP contribution >= 0.6 is 11.6 Å². The molecule has 0 spiro atoms. The van der Waals surface area contributed by atoms with Gasteiger partial charge in [0.25, 0.3) is 0 Å². The van der Waals surface area contributed by atoms with Crippen LogP contribution in [0.25, 0.3) is 0 Å². The van der Waals surface area contributed by atoms with Crippen molar-refractivity contribution < 1.29 is 8.42 Å². The second-order valence-electron chi connectivity index (χ2n) is 5.71.